The van der Waals surface area contributed by atoms with Crippen LogP contribution in [-0.2, 0) is 6.54 Å². The van der Waals surface area contributed by atoms with Gasteiger partial charge in [-0.15, -0.1) is 0 Å². The number of benzene rings is 2. The normalized spacial score (nSPS) is 10.7. The summed E-state index contributed by atoms with van der Waals surface area (Å²) in [6.45, 7) is 0.669. The fraction of sp³-hybridized carbons (Fsp3) is 0.100. The predicted molar refractivity (Wildman–Crippen MR) is 115 cm³/mol. The summed E-state index contributed by atoms with van der Waals surface area (Å²) in [4.78, 5) is 0. The molecule has 2 aromatic carbocycles. The lowest BCUT2D eigenvalue weighted by Crippen LogP contribution is -2.24. The zero-order valence-electron chi connectivity index (χ0n) is 14.7. The van der Waals surface area contributed by atoms with Crippen molar-refractivity contribution in [1.29, 1.82) is 0 Å². The largest absolute Gasteiger partial charge is 0.497 e. The quantitative estimate of drug-likeness (QED) is 0.364. The summed E-state index contributed by atoms with van der Waals surface area (Å²) >= 11 is 11.5. The molecule has 0 aliphatic rings. The Labute approximate surface area is 168 Å². The third-order valence-corrected chi connectivity index (χ3v) is 4.44. The molecule has 3 rings (SSSR count). The van der Waals surface area contributed by atoms with E-state index in [-0.39, 0.29) is 0 Å². The van der Waals surface area contributed by atoms with Gasteiger partial charge in [-0.05, 0) is 60.2 Å². The first kappa shape index (κ1) is 18.9. The van der Waals surface area contributed by atoms with Crippen LogP contribution in [-0.4, -0.2) is 23.0 Å². The lowest BCUT2D eigenvalue weighted by atomic mass is 10.2. The number of methoxy groups -OCH3 is 1. The van der Waals surface area contributed by atoms with Gasteiger partial charge in [-0.3, -0.25) is 5.43 Å². The van der Waals surface area contributed by atoms with Crippen LogP contribution in [0.5, 0.6) is 5.75 Å². The highest BCUT2D eigenvalue weighted by molar-refractivity contribution is 7.80. The highest BCUT2D eigenvalue weighted by Gasteiger charge is 2.03. The summed E-state index contributed by atoms with van der Waals surface area (Å²) in [7, 11) is 1.63. The summed E-state index contributed by atoms with van der Waals surface area (Å²) in [5.41, 5.74) is 5.66. The SMILES string of the molecule is COc1ccc(NC(=S)NN=Cc2cccn2Cc2ccccc2Cl)cc1. The van der Waals surface area contributed by atoms with E-state index in [2.05, 4.69) is 20.4 Å². The second kappa shape index (κ2) is 9.21. The number of aromatic nitrogens is 1. The minimum absolute atomic E-state index is 0.403. The Morgan fingerprint density at radius 2 is 1.93 bits per heavy atom. The average molecular weight is 399 g/mol. The van der Waals surface area contributed by atoms with E-state index in [0.717, 1.165) is 27.7 Å². The van der Waals surface area contributed by atoms with Crippen LogP contribution in [0.25, 0.3) is 0 Å². The predicted octanol–water partition coefficient (Wildman–Crippen LogP) is 4.52. The van der Waals surface area contributed by atoms with E-state index in [4.69, 9.17) is 28.6 Å². The molecule has 138 valence electrons. The van der Waals surface area contributed by atoms with Crippen molar-refractivity contribution < 1.29 is 4.74 Å². The van der Waals surface area contributed by atoms with Gasteiger partial charge in [0.05, 0.1) is 19.0 Å². The Kier molecular flexibility index (Phi) is 6.46. The molecular formula is C20H19ClN4OS. The molecule has 0 bridgehead atoms. The van der Waals surface area contributed by atoms with Gasteiger partial charge in [0.2, 0.25) is 0 Å². The second-order valence-corrected chi connectivity index (χ2v) is 6.52. The lowest BCUT2D eigenvalue weighted by molar-refractivity contribution is 0.415. The van der Waals surface area contributed by atoms with Gasteiger partial charge in [0.25, 0.3) is 0 Å². The van der Waals surface area contributed by atoms with E-state index in [0.29, 0.717) is 11.7 Å². The van der Waals surface area contributed by atoms with E-state index in [1.54, 1.807) is 13.3 Å². The zero-order chi connectivity index (χ0) is 19.1. The fourth-order valence-corrected chi connectivity index (χ4v) is 2.86. The van der Waals surface area contributed by atoms with Crippen molar-refractivity contribution in [1.82, 2.24) is 9.99 Å². The number of halogens is 1. The van der Waals surface area contributed by atoms with Gasteiger partial charge in [0.1, 0.15) is 5.75 Å². The van der Waals surface area contributed by atoms with E-state index in [9.17, 15) is 0 Å². The molecule has 7 heteroatoms. The molecule has 0 amide bonds. The van der Waals surface area contributed by atoms with Crippen molar-refractivity contribution in [2.45, 2.75) is 6.54 Å². The highest BCUT2D eigenvalue weighted by atomic mass is 35.5. The molecule has 2 N–H and O–H groups in total. The van der Waals surface area contributed by atoms with Crippen molar-refractivity contribution >= 4 is 40.8 Å². The third kappa shape index (κ3) is 5.32. The monoisotopic (exact) mass is 398 g/mol. The highest BCUT2D eigenvalue weighted by Crippen LogP contribution is 2.17. The van der Waals surface area contributed by atoms with Crippen molar-refractivity contribution in [2.75, 3.05) is 12.4 Å². The molecule has 0 unspecified atom stereocenters. The number of hydrazone groups is 1. The van der Waals surface area contributed by atoms with Crippen molar-refractivity contribution in [3.05, 3.63) is 83.1 Å². The van der Waals surface area contributed by atoms with Crippen LogP contribution < -0.4 is 15.5 Å². The van der Waals surface area contributed by atoms with Crippen LogP contribution in [0.3, 0.4) is 0 Å². The lowest BCUT2D eigenvalue weighted by Gasteiger charge is -2.09. The van der Waals surface area contributed by atoms with Crippen LogP contribution in [0.2, 0.25) is 5.02 Å². The summed E-state index contributed by atoms with van der Waals surface area (Å²) < 4.78 is 7.19. The maximum absolute atomic E-state index is 6.24. The van der Waals surface area contributed by atoms with Crippen LogP contribution in [0.15, 0.2) is 72.0 Å². The third-order valence-electron chi connectivity index (χ3n) is 3.87. The molecule has 0 saturated heterocycles. The Hall–Kier alpha value is -2.83. The summed E-state index contributed by atoms with van der Waals surface area (Å²) in [5, 5.41) is 8.42. The molecule has 27 heavy (non-hydrogen) atoms. The first-order valence-electron chi connectivity index (χ1n) is 8.28. The van der Waals surface area contributed by atoms with E-state index < -0.39 is 0 Å². The number of nitrogens with zero attached hydrogens (tertiary/aromatic N) is 2. The molecule has 0 radical (unpaired) electrons. The Morgan fingerprint density at radius 3 is 2.67 bits per heavy atom. The molecule has 0 aliphatic heterocycles. The van der Waals surface area contributed by atoms with Gasteiger partial charge in [-0.25, -0.2) is 0 Å². The fourth-order valence-electron chi connectivity index (χ4n) is 2.49. The van der Waals surface area contributed by atoms with Crippen LogP contribution in [0.1, 0.15) is 11.3 Å². The van der Waals surface area contributed by atoms with Gasteiger partial charge >= 0.3 is 0 Å². The number of rotatable bonds is 6. The van der Waals surface area contributed by atoms with Gasteiger partial charge in [-0.1, -0.05) is 29.8 Å². The summed E-state index contributed by atoms with van der Waals surface area (Å²) in [6, 6.07) is 19.2. The maximum Gasteiger partial charge on any atom is 0.191 e. The Balaban J connectivity index is 1.57. The summed E-state index contributed by atoms with van der Waals surface area (Å²) in [5.74, 6) is 0.789. The topological polar surface area (TPSA) is 50.6 Å². The zero-order valence-corrected chi connectivity index (χ0v) is 16.3. The summed E-state index contributed by atoms with van der Waals surface area (Å²) in [6.07, 6.45) is 3.71. The molecule has 0 atom stereocenters. The van der Waals surface area contributed by atoms with Crippen molar-refractivity contribution in [3.63, 3.8) is 0 Å². The molecule has 0 fully saturated rings. The number of hydrogen-bond acceptors (Lipinski definition) is 3. The van der Waals surface area contributed by atoms with Crippen LogP contribution >= 0.6 is 23.8 Å². The van der Waals surface area contributed by atoms with Gasteiger partial charge in [-0.2, -0.15) is 5.10 Å². The van der Waals surface area contributed by atoms with Gasteiger partial charge < -0.3 is 14.6 Å². The molecule has 5 nitrogen and oxygen atoms in total. The Bertz CT molecular complexity index is 937. The number of anilines is 1. The first-order valence-corrected chi connectivity index (χ1v) is 9.07. The van der Waals surface area contributed by atoms with Gasteiger partial charge in [0, 0.05) is 23.5 Å². The standard InChI is InChI=1S/C20H19ClN4OS/c1-26-18-10-8-16(9-11-18)23-20(27)24-22-13-17-6-4-12-25(17)14-15-5-2-3-7-19(15)21/h2-13H,14H2,1H3,(H2,23,24,27). The van der Waals surface area contributed by atoms with Crippen molar-refractivity contribution in [3.8, 4) is 5.75 Å². The Morgan fingerprint density at radius 1 is 1.15 bits per heavy atom. The molecule has 3 aromatic rings. The molecule has 1 aromatic heterocycles. The number of hydrogen-bond donors (Lipinski definition) is 2. The number of nitrogens with one attached hydrogen (secondary N) is 2. The molecule has 0 saturated carbocycles. The number of thiocarbonyl (C=S) groups is 1. The van der Waals surface area contributed by atoms with Crippen molar-refractivity contribution in [2.24, 2.45) is 5.10 Å². The molecular weight excluding hydrogens is 380 g/mol. The maximum atomic E-state index is 6.24. The van der Waals surface area contributed by atoms with E-state index >= 15 is 0 Å². The second-order valence-electron chi connectivity index (χ2n) is 5.70. The minimum atomic E-state index is 0.403. The van der Waals surface area contributed by atoms with Crippen LogP contribution in [0, 0.1) is 0 Å². The molecule has 1 heterocycles. The van der Waals surface area contributed by atoms with Crippen LogP contribution in [0.4, 0.5) is 5.69 Å². The number of ether oxygens (including phenoxy) is 1. The van der Waals surface area contributed by atoms with E-state index in [1.165, 1.54) is 0 Å². The van der Waals surface area contributed by atoms with Gasteiger partial charge in [0.15, 0.2) is 5.11 Å². The molecule has 0 spiro atoms. The smallest absolute Gasteiger partial charge is 0.191 e. The first-order chi connectivity index (χ1) is 13.2. The molecule has 0 aliphatic carbocycles. The van der Waals surface area contributed by atoms with E-state index in [1.807, 2.05) is 66.9 Å². The minimum Gasteiger partial charge on any atom is -0.497 e. The average Bonchev–Trinajstić information content (AvgIpc) is 3.11.